The molecule has 11 heavy (non-hydrogen) atoms. The first-order chi connectivity index (χ1) is 5.35. The molecule has 0 radical (unpaired) electrons. The van der Waals surface area contributed by atoms with Crippen LogP contribution in [0.3, 0.4) is 0 Å². The molecule has 0 spiro atoms. The molecule has 0 saturated heterocycles. The smallest absolute Gasteiger partial charge is 0.0266 e. The number of hydrogen-bond donors (Lipinski definition) is 0. The maximum absolute atomic E-state index is 3.63. The van der Waals surface area contributed by atoms with Crippen molar-refractivity contribution in [1.82, 2.24) is 0 Å². The second-order valence-electron chi connectivity index (χ2n) is 1.61. The number of rotatable bonds is 3. The molecule has 0 aromatic carbocycles. The van der Waals surface area contributed by atoms with Crippen molar-refractivity contribution < 1.29 is 0 Å². The standard InChI is InChI=1S/C9H12.C2H6/c1-4-7-9(6-3)8-5-2;1-2/h4-8H,1,3H2,2H3;1-2H3/b8-5-,9-7+;. The van der Waals surface area contributed by atoms with Gasteiger partial charge in [0.25, 0.3) is 0 Å². The van der Waals surface area contributed by atoms with Crippen LogP contribution in [0.15, 0.2) is 49.1 Å². The maximum Gasteiger partial charge on any atom is -0.0266 e. The SMILES string of the molecule is C=C/C=C(C=C)/C=C\C.CC. The van der Waals surface area contributed by atoms with Crippen molar-refractivity contribution in [2.45, 2.75) is 20.8 Å². The Balaban J connectivity index is 0. The van der Waals surface area contributed by atoms with E-state index >= 15 is 0 Å². The van der Waals surface area contributed by atoms with Gasteiger partial charge in [0, 0.05) is 0 Å². The molecular formula is C11H18. The summed E-state index contributed by atoms with van der Waals surface area (Å²) in [7, 11) is 0. The van der Waals surface area contributed by atoms with Crippen LogP contribution in [0.5, 0.6) is 0 Å². The Bertz CT molecular complexity index is 147. The van der Waals surface area contributed by atoms with Gasteiger partial charge in [0.15, 0.2) is 0 Å². The van der Waals surface area contributed by atoms with E-state index in [4.69, 9.17) is 0 Å². The lowest BCUT2D eigenvalue weighted by molar-refractivity contribution is 1.50. The molecule has 0 aliphatic carbocycles. The molecule has 0 aromatic heterocycles. The minimum atomic E-state index is 1.09. The van der Waals surface area contributed by atoms with E-state index in [1.165, 1.54) is 0 Å². The second kappa shape index (κ2) is 11.7. The lowest BCUT2D eigenvalue weighted by atomic mass is 10.2. The summed E-state index contributed by atoms with van der Waals surface area (Å²) in [4.78, 5) is 0. The third-order valence-corrected chi connectivity index (χ3v) is 0.905. The van der Waals surface area contributed by atoms with E-state index in [2.05, 4.69) is 13.2 Å². The molecule has 0 unspecified atom stereocenters. The minimum absolute atomic E-state index is 1.09. The molecule has 0 aliphatic heterocycles. The Morgan fingerprint density at radius 2 is 1.73 bits per heavy atom. The summed E-state index contributed by atoms with van der Waals surface area (Å²) in [6.07, 6.45) is 9.40. The molecule has 0 saturated carbocycles. The monoisotopic (exact) mass is 150 g/mol. The van der Waals surface area contributed by atoms with Gasteiger partial charge in [0.05, 0.1) is 0 Å². The highest BCUT2D eigenvalue weighted by molar-refractivity contribution is 5.31. The predicted octanol–water partition coefficient (Wildman–Crippen LogP) is 3.89. The van der Waals surface area contributed by atoms with Gasteiger partial charge in [0.1, 0.15) is 0 Å². The lowest BCUT2D eigenvalue weighted by Crippen LogP contribution is -1.65. The van der Waals surface area contributed by atoms with E-state index in [1.807, 2.05) is 39.0 Å². The van der Waals surface area contributed by atoms with Gasteiger partial charge in [-0.15, -0.1) is 0 Å². The van der Waals surface area contributed by atoms with E-state index in [1.54, 1.807) is 12.2 Å². The van der Waals surface area contributed by atoms with Crippen LogP contribution in [0.1, 0.15) is 20.8 Å². The van der Waals surface area contributed by atoms with Crippen molar-refractivity contribution in [2.24, 2.45) is 0 Å². The molecular weight excluding hydrogens is 132 g/mol. The zero-order valence-electron chi connectivity index (χ0n) is 7.80. The third kappa shape index (κ3) is 8.96. The van der Waals surface area contributed by atoms with Gasteiger partial charge < -0.3 is 0 Å². The maximum atomic E-state index is 3.63. The third-order valence-electron chi connectivity index (χ3n) is 0.905. The molecule has 0 bridgehead atoms. The predicted molar refractivity (Wildman–Crippen MR) is 54.6 cm³/mol. The van der Waals surface area contributed by atoms with Crippen molar-refractivity contribution >= 4 is 0 Å². The fourth-order valence-corrected chi connectivity index (χ4v) is 0.520. The fourth-order valence-electron chi connectivity index (χ4n) is 0.520. The van der Waals surface area contributed by atoms with Gasteiger partial charge in [0.2, 0.25) is 0 Å². The highest BCUT2D eigenvalue weighted by Crippen LogP contribution is 1.96. The van der Waals surface area contributed by atoms with Crippen molar-refractivity contribution in [1.29, 1.82) is 0 Å². The zero-order valence-corrected chi connectivity index (χ0v) is 7.80. The molecule has 0 aliphatic rings. The number of hydrogen-bond acceptors (Lipinski definition) is 0. The van der Waals surface area contributed by atoms with Crippen LogP contribution in [0, 0.1) is 0 Å². The van der Waals surface area contributed by atoms with Crippen LogP contribution in [-0.4, -0.2) is 0 Å². The summed E-state index contributed by atoms with van der Waals surface area (Å²) in [6.45, 7) is 13.2. The van der Waals surface area contributed by atoms with E-state index < -0.39 is 0 Å². The second-order valence-corrected chi connectivity index (χ2v) is 1.61. The van der Waals surface area contributed by atoms with Crippen molar-refractivity contribution in [3.05, 3.63) is 49.1 Å². The summed E-state index contributed by atoms with van der Waals surface area (Å²) in [6, 6.07) is 0. The Kier molecular flexibility index (Phi) is 13.4. The lowest BCUT2D eigenvalue weighted by Gasteiger charge is -1.85. The molecule has 0 fully saturated rings. The van der Waals surface area contributed by atoms with Gasteiger partial charge in [-0.05, 0) is 12.5 Å². The molecule has 0 heteroatoms. The van der Waals surface area contributed by atoms with Crippen LogP contribution >= 0.6 is 0 Å². The van der Waals surface area contributed by atoms with Crippen LogP contribution in [0.25, 0.3) is 0 Å². The first kappa shape index (κ1) is 12.6. The Hall–Kier alpha value is -1.04. The minimum Gasteiger partial charge on any atom is -0.0990 e. The Labute approximate surface area is 70.6 Å². The van der Waals surface area contributed by atoms with E-state index in [9.17, 15) is 0 Å². The van der Waals surface area contributed by atoms with Gasteiger partial charge in [-0.3, -0.25) is 0 Å². The van der Waals surface area contributed by atoms with Crippen molar-refractivity contribution in [3.63, 3.8) is 0 Å². The summed E-state index contributed by atoms with van der Waals surface area (Å²) >= 11 is 0. The summed E-state index contributed by atoms with van der Waals surface area (Å²) in [5.41, 5.74) is 1.09. The molecule has 0 aromatic rings. The van der Waals surface area contributed by atoms with E-state index in [0.717, 1.165) is 5.57 Å². The average Bonchev–Trinajstić information content (AvgIpc) is 2.08. The zero-order chi connectivity index (χ0) is 9.11. The average molecular weight is 150 g/mol. The molecule has 0 nitrogen and oxygen atoms in total. The van der Waals surface area contributed by atoms with Crippen LogP contribution < -0.4 is 0 Å². The van der Waals surface area contributed by atoms with Gasteiger partial charge in [-0.2, -0.15) is 0 Å². The van der Waals surface area contributed by atoms with Crippen molar-refractivity contribution in [3.8, 4) is 0 Å². The summed E-state index contributed by atoms with van der Waals surface area (Å²) in [5.74, 6) is 0. The highest BCUT2D eigenvalue weighted by atomic mass is 13.8. The molecule has 0 heterocycles. The molecule has 0 amide bonds. The quantitative estimate of drug-likeness (QED) is 0.535. The van der Waals surface area contributed by atoms with E-state index in [-0.39, 0.29) is 0 Å². The first-order valence-corrected chi connectivity index (χ1v) is 3.93. The fraction of sp³-hybridized carbons (Fsp3) is 0.273. The van der Waals surface area contributed by atoms with Gasteiger partial charge in [-0.25, -0.2) is 0 Å². The van der Waals surface area contributed by atoms with Crippen LogP contribution in [0.2, 0.25) is 0 Å². The van der Waals surface area contributed by atoms with Gasteiger partial charge in [-0.1, -0.05) is 57.4 Å². The summed E-state index contributed by atoms with van der Waals surface area (Å²) in [5, 5.41) is 0. The molecule has 0 rings (SSSR count). The van der Waals surface area contributed by atoms with Gasteiger partial charge >= 0.3 is 0 Å². The van der Waals surface area contributed by atoms with E-state index in [0.29, 0.717) is 0 Å². The Morgan fingerprint density at radius 3 is 2.00 bits per heavy atom. The molecule has 62 valence electrons. The normalized spacial score (nSPS) is 10.3. The Morgan fingerprint density at radius 1 is 1.18 bits per heavy atom. The van der Waals surface area contributed by atoms with Crippen molar-refractivity contribution in [2.75, 3.05) is 0 Å². The summed E-state index contributed by atoms with van der Waals surface area (Å²) < 4.78 is 0. The first-order valence-electron chi connectivity index (χ1n) is 3.93. The largest absolute Gasteiger partial charge is 0.0990 e. The highest BCUT2D eigenvalue weighted by Gasteiger charge is 1.76. The molecule has 0 N–H and O–H groups in total. The molecule has 0 atom stereocenters. The topological polar surface area (TPSA) is 0 Å². The van der Waals surface area contributed by atoms with Crippen LogP contribution in [-0.2, 0) is 0 Å². The number of allylic oxidation sites excluding steroid dienone is 6. The van der Waals surface area contributed by atoms with Crippen LogP contribution in [0.4, 0.5) is 0 Å².